The van der Waals surface area contributed by atoms with Crippen LogP contribution in [0.2, 0.25) is 0 Å². The molecule has 6 nitrogen and oxygen atoms in total. The van der Waals surface area contributed by atoms with Gasteiger partial charge in [0.15, 0.2) is 5.96 Å². The van der Waals surface area contributed by atoms with Crippen LogP contribution in [0.5, 0.6) is 5.75 Å². The highest BCUT2D eigenvalue weighted by Crippen LogP contribution is 2.19. The summed E-state index contributed by atoms with van der Waals surface area (Å²) in [5.74, 6) is 2.53. The van der Waals surface area contributed by atoms with Crippen LogP contribution in [0, 0.1) is 5.92 Å². The van der Waals surface area contributed by atoms with Crippen LogP contribution in [0.15, 0.2) is 52.1 Å². The van der Waals surface area contributed by atoms with Crippen molar-refractivity contribution in [3.63, 3.8) is 0 Å². The third-order valence-corrected chi connectivity index (χ3v) is 3.92. The minimum Gasteiger partial charge on any atom is -0.493 e. The molecule has 0 bridgehead atoms. The molecule has 0 amide bonds. The minimum absolute atomic E-state index is 0. The van der Waals surface area contributed by atoms with E-state index in [4.69, 9.17) is 9.15 Å². The summed E-state index contributed by atoms with van der Waals surface area (Å²) in [6.45, 7) is 10.2. The lowest BCUT2D eigenvalue weighted by molar-refractivity contribution is 0.0386. The number of aliphatic imine (C=N–C) groups is 1. The van der Waals surface area contributed by atoms with Gasteiger partial charge in [-0.3, -0.25) is 0 Å². The van der Waals surface area contributed by atoms with Crippen LogP contribution in [0.25, 0.3) is 0 Å². The van der Waals surface area contributed by atoms with Gasteiger partial charge < -0.3 is 24.9 Å². The smallest absolute Gasteiger partial charge is 0.191 e. The molecule has 1 aromatic heterocycles. The highest BCUT2D eigenvalue weighted by molar-refractivity contribution is 14.0. The van der Waals surface area contributed by atoms with Gasteiger partial charge in [-0.25, -0.2) is 4.99 Å². The van der Waals surface area contributed by atoms with E-state index in [9.17, 15) is 5.11 Å². The summed E-state index contributed by atoms with van der Waals surface area (Å²) in [5, 5.41) is 16.9. The lowest BCUT2D eigenvalue weighted by Gasteiger charge is -2.22. The standard InChI is InChI=1S/C21H31N3O3.HI/c1-5-22-20(24-15-21(4,25)19-7-6-12-26-19)23-13-17-8-10-18(11-9-17)27-14-16(2)3;/h6-12,16,25H,5,13-15H2,1-4H3,(H2,22,23,24);1H. The first-order valence-electron chi connectivity index (χ1n) is 9.41. The first-order valence-corrected chi connectivity index (χ1v) is 9.41. The van der Waals surface area contributed by atoms with Crippen molar-refractivity contribution >= 4 is 29.9 Å². The monoisotopic (exact) mass is 501 g/mol. The van der Waals surface area contributed by atoms with Crippen LogP contribution < -0.4 is 15.4 Å². The Morgan fingerprint density at radius 2 is 1.93 bits per heavy atom. The van der Waals surface area contributed by atoms with E-state index in [0.717, 1.165) is 17.9 Å². The Morgan fingerprint density at radius 1 is 1.21 bits per heavy atom. The lowest BCUT2D eigenvalue weighted by atomic mass is 10.0. The van der Waals surface area contributed by atoms with E-state index in [2.05, 4.69) is 29.5 Å². The number of ether oxygens (including phenoxy) is 1. The van der Waals surface area contributed by atoms with Crippen molar-refractivity contribution in [2.45, 2.75) is 39.8 Å². The molecule has 0 fully saturated rings. The van der Waals surface area contributed by atoms with E-state index >= 15 is 0 Å². The normalized spacial score (nSPS) is 13.6. The van der Waals surface area contributed by atoms with Gasteiger partial charge in [0.1, 0.15) is 17.1 Å². The average molecular weight is 501 g/mol. The van der Waals surface area contributed by atoms with Gasteiger partial charge in [-0.05, 0) is 49.6 Å². The van der Waals surface area contributed by atoms with E-state index in [-0.39, 0.29) is 30.5 Å². The highest BCUT2D eigenvalue weighted by Gasteiger charge is 2.26. The van der Waals surface area contributed by atoms with Gasteiger partial charge >= 0.3 is 0 Å². The third-order valence-electron chi connectivity index (χ3n) is 3.92. The molecule has 156 valence electrons. The van der Waals surface area contributed by atoms with E-state index in [1.807, 2.05) is 31.2 Å². The molecule has 0 aliphatic heterocycles. The van der Waals surface area contributed by atoms with Crippen LogP contribution in [0.1, 0.15) is 39.0 Å². The molecule has 0 aliphatic rings. The zero-order chi connectivity index (χ0) is 19.7. The molecule has 7 heteroatoms. The second-order valence-electron chi connectivity index (χ2n) is 7.15. The number of furan rings is 1. The van der Waals surface area contributed by atoms with Gasteiger partial charge in [-0.15, -0.1) is 24.0 Å². The molecule has 1 atom stereocenters. The predicted molar refractivity (Wildman–Crippen MR) is 123 cm³/mol. The third kappa shape index (κ3) is 8.10. The number of nitrogens with one attached hydrogen (secondary N) is 2. The summed E-state index contributed by atoms with van der Waals surface area (Å²) in [6.07, 6.45) is 1.55. The molecule has 1 unspecified atom stereocenters. The van der Waals surface area contributed by atoms with Crippen molar-refractivity contribution in [3.05, 3.63) is 54.0 Å². The Morgan fingerprint density at radius 3 is 2.50 bits per heavy atom. The fourth-order valence-corrected chi connectivity index (χ4v) is 2.39. The van der Waals surface area contributed by atoms with E-state index < -0.39 is 5.60 Å². The predicted octanol–water partition coefficient (Wildman–Crippen LogP) is 3.90. The number of aliphatic hydroxyl groups is 1. The van der Waals surface area contributed by atoms with Gasteiger partial charge in [0.25, 0.3) is 0 Å². The quantitative estimate of drug-likeness (QED) is 0.276. The maximum absolute atomic E-state index is 10.5. The molecular formula is C21H32IN3O3. The van der Waals surface area contributed by atoms with Gasteiger partial charge in [0.2, 0.25) is 0 Å². The molecule has 3 N–H and O–H groups in total. The fourth-order valence-electron chi connectivity index (χ4n) is 2.39. The maximum Gasteiger partial charge on any atom is 0.191 e. The first-order chi connectivity index (χ1) is 12.9. The molecular weight excluding hydrogens is 469 g/mol. The fraction of sp³-hybridized carbons (Fsp3) is 0.476. The maximum atomic E-state index is 10.5. The van der Waals surface area contributed by atoms with Gasteiger partial charge in [0, 0.05) is 6.54 Å². The lowest BCUT2D eigenvalue weighted by Crippen LogP contribution is -2.44. The van der Waals surface area contributed by atoms with E-state index in [0.29, 0.717) is 30.8 Å². The highest BCUT2D eigenvalue weighted by atomic mass is 127. The summed E-state index contributed by atoms with van der Waals surface area (Å²) >= 11 is 0. The summed E-state index contributed by atoms with van der Waals surface area (Å²) in [6, 6.07) is 11.5. The Labute approximate surface area is 184 Å². The summed E-state index contributed by atoms with van der Waals surface area (Å²) in [5.41, 5.74) is -0.0309. The topological polar surface area (TPSA) is 79.0 Å². The average Bonchev–Trinajstić information content (AvgIpc) is 3.19. The van der Waals surface area contributed by atoms with Gasteiger partial charge in [-0.2, -0.15) is 0 Å². The van der Waals surface area contributed by atoms with Crippen molar-refractivity contribution in [1.82, 2.24) is 10.6 Å². The van der Waals surface area contributed by atoms with Crippen LogP contribution in [-0.2, 0) is 12.1 Å². The zero-order valence-corrected chi connectivity index (χ0v) is 19.4. The molecule has 2 rings (SSSR count). The Kier molecular flexibility index (Phi) is 10.4. The van der Waals surface area contributed by atoms with Crippen molar-refractivity contribution in [2.24, 2.45) is 10.9 Å². The molecule has 0 aliphatic carbocycles. The molecule has 28 heavy (non-hydrogen) atoms. The number of halogens is 1. The van der Waals surface area contributed by atoms with Crippen molar-refractivity contribution in [2.75, 3.05) is 19.7 Å². The largest absolute Gasteiger partial charge is 0.493 e. The van der Waals surface area contributed by atoms with Crippen molar-refractivity contribution < 1.29 is 14.3 Å². The summed E-state index contributed by atoms with van der Waals surface area (Å²) < 4.78 is 11.0. The molecule has 0 saturated carbocycles. The SMILES string of the molecule is CCNC(=NCc1ccc(OCC(C)C)cc1)NCC(C)(O)c1ccco1.I. The van der Waals surface area contributed by atoms with Crippen molar-refractivity contribution in [3.8, 4) is 5.75 Å². The van der Waals surface area contributed by atoms with E-state index in [1.54, 1.807) is 25.3 Å². The molecule has 0 spiro atoms. The van der Waals surface area contributed by atoms with Crippen LogP contribution in [0.3, 0.4) is 0 Å². The van der Waals surface area contributed by atoms with Crippen molar-refractivity contribution in [1.29, 1.82) is 0 Å². The molecule has 0 saturated heterocycles. The number of benzene rings is 1. The number of hydrogen-bond acceptors (Lipinski definition) is 4. The minimum atomic E-state index is -1.12. The van der Waals surface area contributed by atoms with Gasteiger partial charge in [-0.1, -0.05) is 26.0 Å². The summed E-state index contributed by atoms with van der Waals surface area (Å²) in [7, 11) is 0. The number of guanidine groups is 1. The molecule has 2 aromatic rings. The Bertz CT molecular complexity index is 698. The summed E-state index contributed by atoms with van der Waals surface area (Å²) in [4.78, 5) is 4.58. The number of nitrogens with zero attached hydrogens (tertiary/aromatic N) is 1. The molecule has 1 aromatic carbocycles. The van der Waals surface area contributed by atoms with E-state index in [1.165, 1.54) is 0 Å². The number of hydrogen-bond donors (Lipinski definition) is 3. The van der Waals surface area contributed by atoms with Crippen LogP contribution in [-0.4, -0.2) is 30.8 Å². The first kappa shape index (κ1) is 24.3. The Hall–Kier alpha value is -1.74. The number of rotatable bonds is 9. The molecule has 0 radical (unpaired) electrons. The molecule has 1 heterocycles. The van der Waals surface area contributed by atoms with Gasteiger partial charge in [0.05, 0.1) is 26.0 Å². The Balaban J connectivity index is 0.00000392. The second kappa shape index (κ2) is 12.0. The van der Waals surface area contributed by atoms with Crippen LogP contribution >= 0.6 is 24.0 Å². The zero-order valence-electron chi connectivity index (χ0n) is 17.1. The second-order valence-corrected chi connectivity index (χ2v) is 7.15. The van der Waals surface area contributed by atoms with Crippen LogP contribution in [0.4, 0.5) is 0 Å².